The zero-order chi connectivity index (χ0) is 23.0. The number of carbonyl (C=O) groups is 1. The lowest BCUT2D eigenvalue weighted by Crippen LogP contribution is -2.17. The highest BCUT2D eigenvalue weighted by Crippen LogP contribution is 2.26. The molecule has 1 aromatic carbocycles. The van der Waals surface area contributed by atoms with Gasteiger partial charge in [0.2, 0.25) is 5.88 Å². The second-order valence-corrected chi connectivity index (χ2v) is 9.87. The van der Waals surface area contributed by atoms with Gasteiger partial charge in [0, 0.05) is 6.26 Å². The number of Topliss-reactive ketones (excluding diaryl/α,β-unsaturated/α-hetero) is 1. The Hall–Kier alpha value is -2.32. The summed E-state index contributed by atoms with van der Waals surface area (Å²) in [7, 11) is -3.31. The van der Waals surface area contributed by atoms with Gasteiger partial charge in [-0.05, 0) is 62.3 Å². The van der Waals surface area contributed by atoms with Crippen LogP contribution in [0.5, 0.6) is 5.88 Å². The maximum atomic E-state index is 13.1. The maximum Gasteiger partial charge on any atom is 0.224 e. The van der Waals surface area contributed by atoms with Crippen LogP contribution < -0.4 is 4.74 Å². The van der Waals surface area contributed by atoms with Crippen LogP contribution in [0.3, 0.4) is 0 Å². The fourth-order valence-electron chi connectivity index (χ4n) is 3.36. The SMILES string of the molecule is CC(=O)c1cc(F)cnc1OCc1cccc(S(C)(=O)=O)c1.CCC1CCC(O)CC1. The molecule has 1 saturated carbocycles. The van der Waals surface area contributed by atoms with Crippen LogP contribution in [0.2, 0.25) is 0 Å². The minimum absolute atomic E-state index is 0.0126. The van der Waals surface area contributed by atoms with Crippen LogP contribution in [-0.4, -0.2) is 36.7 Å². The van der Waals surface area contributed by atoms with Gasteiger partial charge in [-0.2, -0.15) is 0 Å². The van der Waals surface area contributed by atoms with Crippen molar-refractivity contribution in [2.75, 3.05) is 6.26 Å². The Morgan fingerprint density at radius 2 is 1.90 bits per heavy atom. The summed E-state index contributed by atoms with van der Waals surface area (Å²) < 4.78 is 41.5. The van der Waals surface area contributed by atoms with Gasteiger partial charge in [0.25, 0.3) is 0 Å². The lowest BCUT2D eigenvalue weighted by molar-refractivity contribution is 0.101. The molecule has 0 radical (unpaired) electrons. The smallest absolute Gasteiger partial charge is 0.224 e. The minimum Gasteiger partial charge on any atom is -0.472 e. The summed E-state index contributed by atoms with van der Waals surface area (Å²) >= 11 is 0. The second kappa shape index (κ2) is 11.3. The van der Waals surface area contributed by atoms with Crippen LogP contribution in [0, 0.1) is 11.7 Å². The van der Waals surface area contributed by atoms with E-state index in [-0.39, 0.29) is 34.8 Å². The molecule has 1 aliphatic rings. The van der Waals surface area contributed by atoms with Gasteiger partial charge in [0.05, 0.1) is 22.8 Å². The highest BCUT2D eigenvalue weighted by atomic mass is 32.2. The van der Waals surface area contributed by atoms with Crippen LogP contribution in [0.1, 0.15) is 61.9 Å². The summed E-state index contributed by atoms with van der Waals surface area (Å²) in [4.78, 5) is 15.4. The van der Waals surface area contributed by atoms with Crippen LogP contribution in [0.4, 0.5) is 4.39 Å². The Morgan fingerprint density at radius 1 is 1.23 bits per heavy atom. The van der Waals surface area contributed by atoms with Gasteiger partial charge < -0.3 is 9.84 Å². The number of pyridine rings is 1. The molecule has 1 heterocycles. The molecule has 31 heavy (non-hydrogen) atoms. The van der Waals surface area contributed by atoms with Crippen LogP contribution in [0.15, 0.2) is 41.4 Å². The Bertz CT molecular complexity index is 985. The van der Waals surface area contributed by atoms with Crippen LogP contribution >= 0.6 is 0 Å². The number of halogens is 1. The lowest BCUT2D eigenvalue weighted by Gasteiger charge is -2.23. The number of aliphatic hydroxyl groups is 1. The number of rotatable bonds is 6. The van der Waals surface area contributed by atoms with E-state index in [2.05, 4.69) is 11.9 Å². The van der Waals surface area contributed by atoms with Crippen molar-refractivity contribution >= 4 is 15.6 Å². The Kier molecular flexibility index (Phi) is 9.13. The van der Waals surface area contributed by atoms with Gasteiger partial charge in [-0.1, -0.05) is 25.5 Å². The topological polar surface area (TPSA) is 93.6 Å². The summed E-state index contributed by atoms with van der Waals surface area (Å²) in [5.41, 5.74) is 0.641. The number of ketones is 1. The quantitative estimate of drug-likeness (QED) is 0.656. The molecule has 170 valence electrons. The summed E-state index contributed by atoms with van der Waals surface area (Å²) in [6, 6.07) is 7.30. The van der Waals surface area contributed by atoms with E-state index in [0.717, 1.165) is 37.3 Å². The fraction of sp³-hybridized carbons (Fsp3) is 0.478. The molecule has 0 saturated heterocycles. The number of hydrogen-bond donors (Lipinski definition) is 1. The molecule has 0 bridgehead atoms. The second-order valence-electron chi connectivity index (χ2n) is 7.85. The normalized spacial score (nSPS) is 18.6. The number of nitrogens with zero attached hydrogens (tertiary/aromatic N) is 1. The van der Waals surface area contributed by atoms with E-state index in [1.807, 2.05) is 0 Å². The zero-order valence-electron chi connectivity index (χ0n) is 18.2. The monoisotopic (exact) mass is 451 g/mol. The number of sulfone groups is 1. The molecule has 1 aromatic heterocycles. The molecule has 0 unspecified atom stereocenters. The molecule has 0 amide bonds. The highest BCUT2D eigenvalue weighted by molar-refractivity contribution is 7.90. The third kappa shape index (κ3) is 8.03. The van der Waals surface area contributed by atoms with Crippen molar-refractivity contribution in [3.8, 4) is 5.88 Å². The molecule has 0 spiro atoms. The van der Waals surface area contributed by atoms with E-state index in [1.165, 1.54) is 38.3 Å². The Balaban J connectivity index is 0.000000316. The molecule has 1 N–H and O–H groups in total. The van der Waals surface area contributed by atoms with Gasteiger partial charge in [-0.25, -0.2) is 17.8 Å². The van der Waals surface area contributed by atoms with Crippen molar-refractivity contribution in [3.63, 3.8) is 0 Å². The number of carbonyl (C=O) groups excluding carboxylic acids is 1. The first kappa shape index (κ1) is 24.9. The van der Waals surface area contributed by atoms with Crippen molar-refractivity contribution in [1.29, 1.82) is 0 Å². The van der Waals surface area contributed by atoms with Gasteiger partial charge in [-0.15, -0.1) is 0 Å². The summed E-state index contributed by atoms with van der Waals surface area (Å²) in [6.45, 7) is 3.54. The molecule has 1 fully saturated rings. The summed E-state index contributed by atoms with van der Waals surface area (Å²) in [6.07, 6.45) is 7.96. The van der Waals surface area contributed by atoms with E-state index in [9.17, 15) is 17.6 Å². The van der Waals surface area contributed by atoms with Crippen molar-refractivity contribution in [1.82, 2.24) is 4.98 Å². The van der Waals surface area contributed by atoms with Crippen LogP contribution in [0.25, 0.3) is 0 Å². The molecule has 2 aromatic rings. The largest absolute Gasteiger partial charge is 0.472 e. The molecule has 6 nitrogen and oxygen atoms in total. The van der Waals surface area contributed by atoms with E-state index in [1.54, 1.807) is 12.1 Å². The number of aliphatic hydroxyl groups excluding tert-OH is 1. The minimum atomic E-state index is -3.31. The maximum absolute atomic E-state index is 13.1. The van der Waals surface area contributed by atoms with Crippen molar-refractivity contribution < 1.29 is 27.4 Å². The third-order valence-electron chi connectivity index (χ3n) is 5.29. The standard InChI is InChI=1S/C15H14FNO4S.C8H16O/c1-10(18)14-7-12(16)8-17-15(14)21-9-11-4-3-5-13(6-11)22(2,19)20;1-2-7-3-5-8(9)6-4-7/h3-8H,9H2,1-2H3;7-9H,2-6H2,1H3. The third-order valence-corrected chi connectivity index (χ3v) is 6.40. The van der Waals surface area contributed by atoms with E-state index < -0.39 is 15.7 Å². The first-order valence-electron chi connectivity index (χ1n) is 10.4. The van der Waals surface area contributed by atoms with Crippen molar-refractivity contribution in [3.05, 3.63) is 53.5 Å². The number of aromatic nitrogens is 1. The molecule has 0 atom stereocenters. The first-order valence-corrected chi connectivity index (χ1v) is 12.3. The molecule has 8 heteroatoms. The highest BCUT2D eigenvalue weighted by Gasteiger charge is 2.17. The Labute approximate surface area is 183 Å². The van der Waals surface area contributed by atoms with Gasteiger partial charge >= 0.3 is 0 Å². The van der Waals surface area contributed by atoms with E-state index in [4.69, 9.17) is 9.84 Å². The number of benzene rings is 1. The molecule has 0 aliphatic heterocycles. The molecular weight excluding hydrogens is 421 g/mol. The van der Waals surface area contributed by atoms with Gasteiger partial charge in [-0.3, -0.25) is 4.79 Å². The predicted octanol–water partition coefficient (Wildman–Crippen LogP) is 4.35. The Morgan fingerprint density at radius 3 is 2.48 bits per heavy atom. The van der Waals surface area contributed by atoms with Crippen LogP contribution in [-0.2, 0) is 16.4 Å². The van der Waals surface area contributed by atoms with Gasteiger partial charge in [0.15, 0.2) is 15.6 Å². The molecular formula is C23H30FNO5S. The fourth-order valence-corrected chi connectivity index (χ4v) is 4.06. The van der Waals surface area contributed by atoms with Crippen molar-refractivity contribution in [2.45, 2.75) is 63.6 Å². The van der Waals surface area contributed by atoms with Gasteiger partial charge in [0.1, 0.15) is 12.4 Å². The number of ether oxygens (including phenoxy) is 1. The summed E-state index contributed by atoms with van der Waals surface area (Å²) in [5.74, 6) is -0.0735. The average molecular weight is 452 g/mol. The first-order chi connectivity index (χ1) is 14.6. The lowest BCUT2D eigenvalue weighted by atomic mass is 9.86. The average Bonchev–Trinajstić information content (AvgIpc) is 2.73. The predicted molar refractivity (Wildman–Crippen MR) is 116 cm³/mol. The zero-order valence-corrected chi connectivity index (χ0v) is 19.0. The molecule has 3 rings (SSSR count). The molecule has 1 aliphatic carbocycles. The number of hydrogen-bond acceptors (Lipinski definition) is 6. The summed E-state index contributed by atoms with van der Waals surface area (Å²) in [5, 5.41) is 9.12. The van der Waals surface area contributed by atoms with Crippen molar-refractivity contribution in [2.24, 2.45) is 5.92 Å². The van der Waals surface area contributed by atoms with E-state index >= 15 is 0 Å². The van der Waals surface area contributed by atoms with E-state index in [0.29, 0.717) is 5.56 Å².